The van der Waals surface area contributed by atoms with Gasteiger partial charge in [0.15, 0.2) is 11.5 Å². The van der Waals surface area contributed by atoms with Gasteiger partial charge in [0.25, 0.3) is 0 Å². The van der Waals surface area contributed by atoms with Gasteiger partial charge in [0.2, 0.25) is 12.5 Å². The summed E-state index contributed by atoms with van der Waals surface area (Å²) in [5, 5.41) is 0. The normalized spacial score (nSPS) is 25.1. The van der Waals surface area contributed by atoms with Crippen LogP contribution < -0.4 is 14.2 Å². The molecule has 2 aliphatic heterocycles. The van der Waals surface area contributed by atoms with Crippen molar-refractivity contribution in [2.24, 2.45) is 5.92 Å². The third-order valence-electron chi connectivity index (χ3n) is 5.88. The molecule has 3 aliphatic rings. The lowest BCUT2D eigenvalue weighted by molar-refractivity contribution is -0.135. The molecule has 0 aromatic heterocycles. The van der Waals surface area contributed by atoms with Gasteiger partial charge >= 0.3 is 0 Å². The van der Waals surface area contributed by atoms with Crippen molar-refractivity contribution in [3.8, 4) is 17.2 Å². The molecule has 1 aromatic rings. The van der Waals surface area contributed by atoms with Crippen molar-refractivity contribution in [3.63, 3.8) is 0 Å². The first-order valence-corrected chi connectivity index (χ1v) is 9.35. The van der Waals surface area contributed by atoms with Gasteiger partial charge in [0.1, 0.15) is 11.6 Å². The second-order valence-corrected chi connectivity index (χ2v) is 7.40. The smallest absolute Gasteiger partial charge is 0.231 e. The number of benzene rings is 1. The van der Waals surface area contributed by atoms with Crippen LogP contribution in [0.25, 0.3) is 0 Å². The van der Waals surface area contributed by atoms with Crippen LogP contribution in [0.4, 0.5) is 0 Å². The minimum Gasteiger partial charge on any atom is -0.492 e. The number of carbonyl (C=O) groups is 2. The van der Waals surface area contributed by atoms with Crippen LogP contribution in [-0.4, -0.2) is 44.0 Å². The maximum absolute atomic E-state index is 12.9. The van der Waals surface area contributed by atoms with Crippen LogP contribution in [0.2, 0.25) is 0 Å². The summed E-state index contributed by atoms with van der Waals surface area (Å²) >= 11 is 0. The summed E-state index contributed by atoms with van der Waals surface area (Å²) in [6, 6.07) is 1.90. The van der Waals surface area contributed by atoms with Crippen LogP contribution in [0.3, 0.4) is 0 Å². The molecule has 0 bridgehead atoms. The topological polar surface area (TPSA) is 65.1 Å². The van der Waals surface area contributed by atoms with Gasteiger partial charge in [-0.05, 0) is 37.9 Å². The van der Waals surface area contributed by atoms with E-state index in [0.717, 1.165) is 36.9 Å². The average Bonchev–Trinajstić information content (AvgIpc) is 3.10. The highest BCUT2D eigenvalue weighted by Gasteiger charge is 2.37. The molecule has 6 heteroatoms. The maximum Gasteiger partial charge on any atom is 0.231 e. The summed E-state index contributed by atoms with van der Waals surface area (Å²) in [5.41, 5.74) is 2.14. The Balaban J connectivity index is 1.67. The third kappa shape index (κ3) is 2.86. The molecule has 0 N–H and O–H groups in total. The molecule has 2 unspecified atom stereocenters. The third-order valence-corrected chi connectivity index (χ3v) is 5.88. The van der Waals surface area contributed by atoms with Crippen molar-refractivity contribution in [1.29, 1.82) is 0 Å². The van der Waals surface area contributed by atoms with E-state index in [9.17, 15) is 9.59 Å². The highest BCUT2D eigenvalue weighted by Crippen LogP contribution is 2.50. The van der Waals surface area contributed by atoms with E-state index >= 15 is 0 Å². The lowest BCUT2D eigenvalue weighted by atomic mass is 9.80. The van der Waals surface area contributed by atoms with E-state index < -0.39 is 5.92 Å². The minimum atomic E-state index is -0.428. The number of hydrogen-bond acceptors (Lipinski definition) is 6. The van der Waals surface area contributed by atoms with E-state index in [-0.39, 0.29) is 24.4 Å². The number of hydrogen-bond donors (Lipinski definition) is 0. The molecule has 1 fully saturated rings. The van der Waals surface area contributed by atoms with Gasteiger partial charge < -0.3 is 14.2 Å². The Kier molecular flexibility index (Phi) is 4.61. The monoisotopic (exact) mass is 359 g/mol. The molecule has 1 saturated carbocycles. The lowest BCUT2D eigenvalue weighted by Crippen LogP contribution is -2.36. The van der Waals surface area contributed by atoms with E-state index in [1.807, 2.05) is 13.1 Å². The second-order valence-electron chi connectivity index (χ2n) is 7.40. The Labute approximate surface area is 153 Å². The molecule has 1 aromatic carbocycles. The van der Waals surface area contributed by atoms with E-state index in [4.69, 9.17) is 14.2 Å². The van der Waals surface area contributed by atoms with Crippen LogP contribution in [0, 0.1) is 5.92 Å². The number of ketones is 2. The zero-order chi connectivity index (χ0) is 18.3. The Hall–Kier alpha value is -2.08. The Morgan fingerprint density at radius 3 is 2.92 bits per heavy atom. The molecule has 0 spiro atoms. The SMILES string of the molecule is COc1c2c(cc3c1C(CC(=O)C1CCCCC1=O)N(C)CC3)OCO2. The number of rotatable bonds is 4. The Morgan fingerprint density at radius 2 is 2.15 bits per heavy atom. The van der Waals surface area contributed by atoms with Gasteiger partial charge in [-0.3, -0.25) is 14.5 Å². The maximum atomic E-state index is 12.9. The van der Waals surface area contributed by atoms with Crippen molar-refractivity contribution in [2.45, 2.75) is 44.6 Å². The predicted octanol–water partition coefficient (Wildman–Crippen LogP) is 2.67. The first-order chi connectivity index (χ1) is 12.6. The molecule has 4 rings (SSSR count). The summed E-state index contributed by atoms with van der Waals surface area (Å²) in [7, 11) is 3.64. The number of fused-ring (bicyclic) bond motifs is 2. The molecule has 6 nitrogen and oxygen atoms in total. The van der Waals surface area contributed by atoms with Crippen LogP contribution in [0.1, 0.15) is 49.3 Å². The fourth-order valence-corrected chi connectivity index (χ4v) is 4.44. The Bertz CT molecular complexity index is 744. The summed E-state index contributed by atoms with van der Waals surface area (Å²) in [4.78, 5) is 27.3. The molecule has 140 valence electrons. The van der Waals surface area contributed by atoms with Gasteiger partial charge in [0.05, 0.1) is 13.0 Å². The van der Waals surface area contributed by atoms with Gasteiger partial charge in [0, 0.05) is 31.0 Å². The van der Waals surface area contributed by atoms with Gasteiger partial charge in [-0.15, -0.1) is 0 Å². The average molecular weight is 359 g/mol. The van der Waals surface area contributed by atoms with E-state index in [1.54, 1.807) is 7.11 Å². The number of methoxy groups -OCH3 is 1. The van der Waals surface area contributed by atoms with Crippen molar-refractivity contribution in [2.75, 3.05) is 27.5 Å². The van der Waals surface area contributed by atoms with E-state index in [2.05, 4.69) is 4.90 Å². The second kappa shape index (κ2) is 6.91. The van der Waals surface area contributed by atoms with Crippen LogP contribution >= 0.6 is 0 Å². The molecule has 1 aliphatic carbocycles. The van der Waals surface area contributed by atoms with Crippen LogP contribution in [0.5, 0.6) is 17.2 Å². The lowest BCUT2D eigenvalue weighted by Gasteiger charge is -2.36. The van der Waals surface area contributed by atoms with Gasteiger partial charge in [-0.2, -0.15) is 0 Å². The summed E-state index contributed by atoms with van der Waals surface area (Å²) < 4.78 is 16.8. The van der Waals surface area contributed by atoms with Crippen molar-refractivity contribution < 1.29 is 23.8 Å². The molecule has 0 saturated heterocycles. The quantitative estimate of drug-likeness (QED) is 0.770. The Morgan fingerprint density at radius 1 is 1.31 bits per heavy atom. The standard InChI is InChI=1S/C20H25NO5/c1-21-8-7-12-9-17-19(26-11-25-17)20(24-2)18(12)14(21)10-16(23)13-5-3-4-6-15(13)22/h9,13-14H,3-8,10-11H2,1-2H3. The number of ether oxygens (including phenoxy) is 3. The van der Waals surface area contributed by atoms with E-state index in [1.165, 1.54) is 0 Å². The van der Waals surface area contributed by atoms with Crippen molar-refractivity contribution >= 4 is 11.6 Å². The zero-order valence-electron chi connectivity index (χ0n) is 15.4. The molecule has 2 heterocycles. The number of nitrogens with zero attached hydrogens (tertiary/aromatic N) is 1. The summed E-state index contributed by atoms with van der Waals surface area (Å²) in [5.74, 6) is 1.72. The van der Waals surface area contributed by atoms with Crippen molar-refractivity contribution in [1.82, 2.24) is 4.90 Å². The first-order valence-electron chi connectivity index (χ1n) is 9.35. The van der Waals surface area contributed by atoms with Crippen LogP contribution in [-0.2, 0) is 16.0 Å². The fourth-order valence-electron chi connectivity index (χ4n) is 4.44. The molecular formula is C20H25NO5. The number of Topliss-reactive ketones (excluding diaryl/α,β-unsaturated/α-hetero) is 2. The number of likely N-dealkylation sites (N-methyl/N-ethyl adjacent to an activating group) is 1. The van der Waals surface area contributed by atoms with Crippen LogP contribution in [0.15, 0.2) is 6.07 Å². The molecule has 0 radical (unpaired) electrons. The predicted molar refractivity (Wildman–Crippen MR) is 94.8 cm³/mol. The van der Waals surface area contributed by atoms with Crippen molar-refractivity contribution in [3.05, 3.63) is 17.2 Å². The molecular weight excluding hydrogens is 334 g/mol. The zero-order valence-corrected chi connectivity index (χ0v) is 15.4. The highest BCUT2D eigenvalue weighted by molar-refractivity contribution is 6.03. The van der Waals surface area contributed by atoms with E-state index in [0.29, 0.717) is 36.5 Å². The molecule has 2 atom stereocenters. The fraction of sp³-hybridized carbons (Fsp3) is 0.600. The summed E-state index contributed by atoms with van der Waals surface area (Å²) in [6.45, 7) is 1.04. The summed E-state index contributed by atoms with van der Waals surface area (Å²) in [6.07, 6.45) is 4.30. The first kappa shape index (κ1) is 17.3. The molecule has 0 amide bonds. The highest BCUT2D eigenvalue weighted by atomic mass is 16.7. The molecule has 26 heavy (non-hydrogen) atoms. The van der Waals surface area contributed by atoms with Gasteiger partial charge in [-0.1, -0.05) is 6.42 Å². The number of carbonyl (C=O) groups excluding carboxylic acids is 2. The largest absolute Gasteiger partial charge is 0.492 e. The minimum absolute atomic E-state index is 0.0547. The van der Waals surface area contributed by atoms with Gasteiger partial charge in [-0.25, -0.2) is 0 Å².